The van der Waals surface area contributed by atoms with E-state index in [1.165, 1.54) is 38.0 Å². The van der Waals surface area contributed by atoms with E-state index in [1.807, 2.05) is 6.07 Å². The molecule has 1 saturated heterocycles. The molecule has 2 rings (SSSR count). The number of nitrogens with zero attached hydrogens (tertiary/aromatic N) is 1. The lowest BCUT2D eigenvalue weighted by molar-refractivity contribution is 0.155. The molecule has 0 bridgehead atoms. The van der Waals surface area contributed by atoms with E-state index in [1.54, 1.807) is 0 Å². The molecule has 0 aromatic heterocycles. The zero-order valence-electron chi connectivity index (χ0n) is 12.7. The first-order valence-electron chi connectivity index (χ1n) is 7.94. The Bertz CT molecular complexity index is 402. The third kappa shape index (κ3) is 4.21. The predicted molar refractivity (Wildman–Crippen MR) is 87.3 cm³/mol. The highest BCUT2D eigenvalue weighted by atomic mass is 35.5. The molecule has 0 spiro atoms. The maximum Gasteiger partial charge on any atom is 0.0409 e. The van der Waals surface area contributed by atoms with Crippen molar-refractivity contribution < 1.29 is 0 Å². The minimum absolute atomic E-state index is 0.494. The van der Waals surface area contributed by atoms with Crippen molar-refractivity contribution in [3.63, 3.8) is 0 Å². The molecule has 1 aliphatic heterocycles. The van der Waals surface area contributed by atoms with Gasteiger partial charge in [0, 0.05) is 17.6 Å². The molecule has 1 fully saturated rings. The summed E-state index contributed by atoms with van der Waals surface area (Å²) in [7, 11) is 0. The Morgan fingerprint density at radius 3 is 2.65 bits per heavy atom. The fourth-order valence-electron chi connectivity index (χ4n) is 3.29. The Morgan fingerprint density at radius 2 is 2.05 bits per heavy atom. The summed E-state index contributed by atoms with van der Waals surface area (Å²) < 4.78 is 0. The molecule has 112 valence electrons. The van der Waals surface area contributed by atoms with Gasteiger partial charge in [-0.3, -0.25) is 4.90 Å². The van der Waals surface area contributed by atoms with E-state index in [9.17, 15) is 0 Å². The Balaban J connectivity index is 2.06. The lowest BCUT2D eigenvalue weighted by Crippen LogP contribution is -2.38. The number of nitrogens with one attached hydrogen (secondary N) is 1. The van der Waals surface area contributed by atoms with Gasteiger partial charge in [-0.25, -0.2) is 0 Å². The Morgan fingerprint density at radius 1 is 1.30 bits per heavy atom. The predicted octanol–water partition coefficient (Wildman–Crippen LogP) is 4.11. The van der Waals surface area contributed by atoms with Crippen molar-refractivity contribution >= 4 is 11.6 Å². The van der Waals surface area contributed by atoms with Gasteiger partial charge in [0.25, 0.3) is 0 Å². The second kappa shape index (κ2) is 8.02. The molecule has 20 heavy (non-hydrogen) atoms. The highest BCUT2D eigenvalue weighted by molar-refractivity contribution is 6.30. The summed E-state index contributed by atoms with van der Waals surface area (Å²) in [5.41, 5.74) is 1.36. The molecule has 1 aromatic rings. The molecule has 1 aromatic carbocycles. The maximum absolute atomic E-state index is 6.16. The van der Waals surface area contributed by atoms with E-state index < -0.39 is 0 Å². The number of hydrogen-bond donors (Lipinski definition) is 1. The van der Waals surface area contributed by atoms with Crippen LogP contribution in [-0.4, -0.2) is 31.1 Å². The zero-order valence-corrected chi connectivity index (χ0v) is 13.5. The van der Waals surface area contributed by atoms with E-state index in [4.69, 9.17) is 11.6 Å². The molecule has 1 atom stereocenters. The Hall–Kier alpha value is -0.570. The smallest absolute Gasteiger partial charge is 0.0409 e. The van der Waals surface area contributed by atoms with Crippen molar-refractivity contribution in [3.8, 4) is 0 Å². The summed E-state index contributed by atoms with van der Waals surface area (Å²) in [5, 5.41) is 4.30. The Kier molecular flexibility index (Phi) is 6.34. The van der Waals surface area contributed by atoms with Gasteiger partial charge in [-0.2, -0.15) is 0 Å². The lowest BCUT2D eigenvalue weighted by atomic mass is 9.95. The van der Waals surface area contributed by atoms with Gasteiger partial charge in [0.2, 0.25) is 0 Å². The summed E-state index contributed by atoms with van der Waals surface area (Å²) in [4.78, 5) is 2.63. The number of piperidine rings is 1. The first-order chi connectivity index (χ1) is 9.74. The highest BCUT2D eigenvalue weighted by Crippen LogP contribution is 2.28. The summed E-state index contributed by atoms with van der Waals surface area (Å²) >= 11 is 6.16. The van der Waals surface area contributed by atoms with Crippen LogP contribution < -0.4 is 5.32 Å². The fraction of sp³-hybridized carbons (Fsp3) is 0.647. The third-order valence-corrected chi connectivity index (χ3v) is 4.65. The van der Waals surface area contributed by atoms with Crippen molar-refractivity contribution in [2.24, 2.45) is 5.92 Å². The number of halogens is 1. The number of hydrogen-bond acceptors (Lipinski definition) is 2. The van der Waals surface area contributed by atoms with E-state index >= 15 is 0 Å². The first-order valence-corrected chi connectivity index (χ1v) is 8.32. The molecule has 1 aliphatic rings. The van der Waals surface area contributed by atoms with Gasteiger partial charge in [-0.15, -0.1) is 0 Å². The first kappa shape index (κ1) is 15.8. The van der Waals surface area contributed by atoms with Crippen molar-refractivity contribution in [3.05, 3.63) is 34.9 Å². The van der Waals surface area contributed by atoms with Crippen LogP contribution in [0.25, 0.3) is 0 Å². The standard InChI is InChI=1S/C17H27ClN2/c1-3-17(15-6-5-7-16(18)12-15)20(4-2)13-14-8-10-19-11-9-14/h5-7,12,14,17,19H,3-4,8-11,13H2,1-2H3. The van der Waals surface area contributed by atoms with Gasteiger partial charge in [0.05, 0.1) is 0 Å². The topological polar surface area (TPSA) is 15.3 Å². The van der Waals surface area contributed by atoms with Gasteiger partial charge in [0.1, 0.15) is 0 Å². The molecule has 0 aliphatic carbocycles. The van der Waals surface area contributed by atoms with Crippen molar-refractivity contribution in [2.75, 3.05) is 26.2 Å². The SMILES string of the molecule is CCC(c1cccc(Cl)c1)N(CC)CC1CCNCC1. The van der Waals surface area contributed by atoms with Gasteiger partial charge >= 0.3 is 0 Å². The minimum Gasteiger partial charge on any atom is -0.317 e. The average molecular weight is 295 g/mol. The molecule has 3 heteroatoms. The molecule has 1 heterocycles. The molecule has 0 radical (unpaired) electrons. The fourth-order valence-corrected chi connectivity index (χ4v) is 3.49. The average Bonchev–Trinajstić information content (AvgIpc) is 2.48. The van der Waals surface area contributed by atoms with Crippen molar-refractivity contribution in [2.45, 2.75) is 39.2 Å². The van der Waals surface area contributed by atoms with Crippen LogP contribution in [0.3, 0.4) is 0 Å². The molecular weight excluding hydrogens is 268 g/mol. The third-order valence-electron chi connectivity index (χ3n) is 4.42. The molecule has 1 N–H and O–H groups in total. The highest BCUT2D eigenvalue weighted by Gasteiger charge is 2.22. The molecule has 2 nitrogen and oxygen atoms in total. The molecule has 1 unspecified atom stereocenters. The van der Waals surface area contributed by atoms with E-state index in [-0.39, 0.29) is 0 Å². The zero-order chi connectivity index (χ0) is 14.4. The lowest BCUT2D eigenvalue weighted by Gasteiger charge is -2.35. The second-order valence-corrected chi connectivity index (χ2v) is 6.20. The molecule has 0 amide bonds. The van der Waals surface area contributed by atoms with Crippen molar-refractivity contribution in [1.29, 1.82) is 0 Å². The minimum atomic E-state index is 0.494. The summed E-state index contributed by atoms with van der Waals surface area (Å²) in [5.74, 6) is 0.837. The van der Waals surface area contributed by atoms with Crippen LogP contribution >= 0.6 is 11.6 Å². The molecule has 0 saturated carbocycles. The van der Waals surface area contributed by atoms with E-state index in [0.29, 0.717) is 6.04 Å². The van der Waals surface area contributed by atoms with Gasteiger partial charge < -0.3 is 5.32 Å². The van der Waals surface area contributed by atoms with Crippen LogP contribution in [0.2, 0.25) is 5.02 Å². The van der Waals surface area contributed by atoms with Crippen LogP contribution in [0, 0.1) is 5.92 Å². The largest absolute Gasteiger partial charge is 0.317 e. The van der Waals surface area contributed by atoms with Crippen LogP contribution in [0.5, 0.6) is 0 Å². The molecular formula is C17H27ClN2. The summed E-state index contributed by atoms with van der Waals surface area (Å²) in [6, 6.07) is 8.86. The van der Waals surface area contributed by atoms with Crippen LogP contribution in [-0.2, 0) is 0 Å². The normalized spacial score (nSPS) is 18.4. The van der Waals surface area contributed by atoms with Gasteiger partial charge in [0.15, 0.2) is 0 Å². The van der Waals surface area contributed by atoms with Gasteiger partial charge in [-0.1, -0.05) is 37.6 Å². The number of rotatable bonds is 6. The van der Waals surface area contributed by atoms with Crippen LogP contribution in [0.4, 0.5) is 0 Å². The summed E-state index contributed by atoms with van der Waals surface area (Å²) in [6.07, 6.45) is 3.75. The monoisotopic (exact) mass is 294 g/mol. The van der Waals surface area contributed by atoms with Crippen molar-refractivity contribution in [1.82, 2.24) is 10.2 Å². The van der Waals surface area contributed by atoms with E-state index in [2.05, 4.69) is 42.3 Å². The quantitative estimate of drug-likeness (QED) is 0.849. The Labute approximate surface area is 128 Å². The van der Waals surface area contributed by atoms with Crippen LogP contribution in [0.15, 0.2) is 24.3 Å². The second-order valence-electron chi connectivity index (χ2n) is 5.76. The van der Waals surface area contributed by atoms with Gasteiger partial charge in [-0.05, 0) is 62.5 Å². The summed E-state index contributed by atoms with van der Waals surface area (Å²) in [6.45, 7) is 9.22. The maximum atomic E-state index is 6.16. The van der Waals surface area contributed by atoms with Crippen LogP contribution in [0.1, 0.15) is 44.7 Å². The number of benzene rings is 1. The van der Waals surface area contributed by atoms with E-state index in [0.717, 1.165) is 23.9 Å².